The fourth-order valence-corrected chi connectivity index (χ4v) is 6.15. The molecule has 0 aromatic heterocycles. The van der Waals surface area contributed by atoms with Crippen LogP contribution in [0.15, 0.2) is 77.4 Å². The Morgan fingerprint density at radius 1 is 0.865 bits per heavy atom. The average Bonchev–Trinajstić information content (AvgIpc) is 2.96. The second-order valence-corrected chi connectivity index (χ2v) is 10.8. The first-order valence-corrected chi connectivity index (χ1v) is 13.6. The minimum Gasteiger partial charge on any atom is -0.370 e. The van der Waals surface area contributed by atoms with Crippen LogP contribution in [0, 0.1) is 11.3 Å². The first-order chi connectivity index (χ1) is 18.2. The van der Waals surface area contributed by atoms with Crippen LogP contribution < -0.4 is 25.6 Å². The molecule has 3 heterocycles. The molecule has 0 saturated carbocycles. The van der Waals surface area contributed by atoms with Crippen LogP contribution in [-0.2, 0) is 0 Å². The average molecular weight is 545 g/mol. The van der Waals surface area contributed by atoms with Gasteiger partial charge in [0.1, 0.15) is 6.07 Å². The lowest BCUT2D eigenvalue weighted by Crippen LogP contribution is -2.30. The largest absolute Gasteiger partial charge is 0.370 e. The number of piperidine rings is 1. The molecule has 0 amide bonds. The Labute approximate surface area is 224 Å². The highest BCUT2D eigenvalue weighted by molar-refractivity contribution is 9.10. The number of rotatable bonds is 2. The van der Waals surface area contributed by atoms with Crippen molar-refractivity contribution in [2.75, 3.05) is 28.2 Å². The zero-order valence-corrected chi connectivity index (χ0v) is 21.9. The summed E-state index contributed by atoms with van der Waals surface area (Å²) < 4.78 is 1.06. The van der Waals surface area contributed by atoms with Gasteiger partial charge in [0.2, 0.25) is 0 Å². The summed E-state index contributed by atoms with van der Waals surface area (Å²) in [5.74, 6) is 0. The van der Waals surface area contributed by atoms with Gasteiger partial charge in [0.25, 0.3) is 0 Å². The molecule has 7 rings (SSSR count). The second kappa shape index (κ2) is 8.83. The van der Waals surface area contributed by atoms with Crippen LogP contribution in [0.3, 0.4) is 0 Å². The van der Waals surface area contributed by atoms with E-state index in [1.807, 2.05) is 0 Å². The van der Waals surface area contributed by atoms with Crippen molar-refractivity contribution >= 4 is 67.3 Å². The van der Waals surface area contributed by atoms with Crippen molar-refractivity contribution in [2.45, 2.75) is 19.3 Å². The van der Waals surface area contributed by atoms with E-state index in [4.69, 9.17) is 0 Å². The summed E-state index contributed by atoms with van der Waals surface area (Å²) in [6.07, 6.45) is 12.2. The quantitative estimate of drug-likeness (QED) is 0.265. The molecule has 0 aliphatic carbocycles. The first-order valence-electron chi connectivity index (χ1n) is 12.8. The summed E-state index contributed by atoms with van der Waals surface area (Å²) in [5.41, 5.74) is 7.28. The van der Waals surface area contributed by atoms with Gasteiger partial charge in [-0.25, -0.2) is 0 Å². The van der Waals surface area contributed by atoms with E-state index < -0.39 is 0 Å². The van der Waals surface area contributed by atoms with Crippen molar-refractivity contribution < 1.29 is 0 Å². The molecular formula is C32H25BrN4. The van der Waals surface area contributed by atoms with Gasteiger partial charge in [0, 0.05) is 56.5 Å². The predicted octanol–water partition coefficient (Wildman–Crippen LogP) is 6.80. The van der Waals surface area contributed by atoms with Gasteiger partial charge in [-0.15, -0.1) is 0 Å². The fraction of sp³-hybridized carbons (Fsp3) is 0.156. The van der Waals surface area contributed by atoms with Gasteiger partial charge in [-0.3, -0.25) is 0 Å². The maximum Gasteiger partial charge on any atom is 0.102 e. The van der Waals surface area contributed by atoms with E-state index in [9.17, 15) is 5.26 Å². The van der Waals surface area contributed by atoms with Crippen molar-refractivity contribution in [2.24, 2.45) is 0 Å². The van der Waals surface area contributed by atoms with Gasteiger partial charge in [0.15, 0.2) is 0 Å². The van der Waals surface area contributed by atoms with Crippen LogP contribution in [0.1, 0.15) is 30.4 Å². The minimum absolute atomic E-state index is 0.781. The van der Waals surface area contributed by atoms with E-state index in [1.54, 1.807) is 0 Å². The number of nitriles is 1. The number of nitrogens with zero attached hydrogens (tertiary/aromatic N) is 3. The number of anilines is 5. The summed E-state index contributed by atoms with van der Waals surface area (Å²) in [4.78, 5) is 4.63. The molecule has 0 bridgehead atoms. The predicted molar refractivity (Wildman–Crippen MR) is 157 cm³/mol. The lowest BCUT2D eigenvalue weighted by molar-refractivity contribution is 0.578. The summed E-state index contributed by atoms with van der Waals surface area (Å²) >= 11 is 3.56. The molecule has 4 aromatic carbocycles. The normalized spacial score (nSPS) is 15.6. The molecule has 5 heteroatoms. The Morgan fingerprint density at radius 3 is 2.46 bits per heavy atom. The fourth-order valence-electron chi connectivity index (χ4n) is 5.89. The van der Waals surface area contributed by atoms with E-state index in [0.29, 0.717) is 0 Å². The third-order valence-electron chi connectivity index (χ3n) is 7.67. The molecule has 0 atom stereocenters. The number of allylic oxidation sites excluding steroid dienone is 1. The number of halogens is 1. The molecule has 180 valence electrons. The lowest BCUT2D eigenvalue weighted by atomic mass is 9.93. The van der Waals surface area contributed by atoms with Crippen molar-refractivity contribution in [1.82, 2.24) is 0 Å². The van der Waals surface area contributed by atoms with E-state index in [2.05, 4.69) is 122 Å². The molecule has 1 N–H and O–H groups in total. The Kier molecular flexibility index (Phi) is 5.30. The molecule has 0 spiro atoms. The Morgan fingerprint density at radius 2 is 1.65 bits per heavy atom. The monoisotopic (exact) mass is 544 g/mol. The SMILES string of the molecule is N#Cc1c(N2CCCCC2)ccc2ccc3c(c12)C=c1ccc2c(c1N3)N(c1ccc(Br)cc1)C=CC=2. The van der Waals surface area contributed by atoms with Crippen LogP contribution in [-0.4, -0.2) is 13.1 Å². The number of nitrogens with one attached hydrogen (secondary N) is 1. The molecule has 4 aromatic rings. The molecule has 0 radical (unpaired) electrons. The zero-order valence-electron chi connectivity index (χ0n) is 20.3. The Hall–Kier alpha value is -4.01. The molecule has 37 heavy (non-hydrogen) atoms. The van der Waals surface area contributed by atoms with Crippen LogP contribution in [0.2, 0.25) is 0 Å². The summed E-state index contributed by atoms with van der Waals surface area (Å²) in [6, 6.07) is 23.9. The molecule has 0 unspecified atom stereocenters. The van der Waals surface area contributed by atoms with Crippen molar-refractivity contribution in [3.63, 3.8) is 0 Å². The number of fused-ring (bicyclic) bond motifs is 6. The van der Waals surface area contributed by atoms with Crippen molar-refractivity contribution in [3.05, 3.63) is 99.0 Å². The van der Waals surface area contributed by atoms with Crippen molar-refractivity contribution in [1.29, 1.82) is 5.26 Å². The summed E-state index contributed by atoms with van der Waals surface area (Å²) in [7, 11) is 0. The van der Waals surface area contributed by atoms with E-state index in [-0.39, 0.29) is 0 Å². The molecular weight excluding hydrogens is 520 g/mol. The van der Waals surface area contributed by atoms with E-state index in [0.717, 1.165) is 73.1 Å². The lowest BCUT2D eigenvalue weighted by Gasteiger charge is -2.31. The van der Waals surface area contributed by atoms with Gasteiger partial charge in [-0.05, 0) is 73.2 Å². The number of hydrogen-bond acceptors (Lipinski definition) is 4. The van der Waals surface area contributed by atoms with E-state index in [1.165, 1.54) is 24.5 Å². The molecule has 1 fully saturated rings. The third kappa shape index (κ3) is 3.63. The first kappa shape index (κ1) is 22.2. The smallest absolute Gasteiger partial charge is 0.102 e. The summed E-state index contributed by atoms with van der Waals surface area (Å²) in [6.45, 7) is 2.03. The van der Waals surface area contributed by atoms with Crippen LogP contribution >= 0.6 is 15.9 Å². The Balaban J connectivity index is 1.44. The Bertz CT molecular complexity index is 1760. The van der Waals surface area contributed by atoms with Gasteiger partial charge in [-0.2, -0.15) is 5.26 Å². The maximum absolute atomic E-state index is 10.3. The standard InChI is InChI=1S/C32H25BrN4/c33-24-10-12-25(13-11-24)37-18-4-5-22-6-7-23-19-26-28(35-31(23)32(22)37)14-8-21-9-15-29(27(20-34)30(21)26)36-16-2-1-3-17-36/h4-15,18-19,35H,1-3,16-17H2. The summed E-state index contributed by atoms with van der Waals surface area (Å²) in [5, 5.41) is 18.5. The third-order valence-corrected chi connectivity index (χ3v) is 8.20. The molecule has 3 aliphatic heterocycles. The highest BCUT2D eigenvalue weighted by Crippen LogP contribution is 2.40. The van der Waals surface area contributed by atoms with Gasteiger partial charge in [-0.1, -0.05) is 46.3 Å². The van der Waals surface area contributed by atoms with Gasteiger partial charge < -0.3 is 15.1 Å². The van der Waals surface area contributed by atoms with E-state index >= 15 is 0 Å². The van der Waals surface area contributed by atoms with Crippen LogP contribution in [0.25, 0.3) is 22.9 Å². The van der Waals surface area contributed by atoms with Crippen LogP contribution in [0.4, 0.5) is 28.4 Å². The number of benzene rings is 4. The van der Waals surface area contributed by atoms with Crippen molar-refractivity contribution in [3.8, 4) is 6.07 Å². The molecule has 4 nitrogen and oxygen atoms in total. The minimum atomic E-state index is 0.781. The maximum atomic E-state index is 10.3. The molecule has 3 aliphatic rings. The topological polar surface area (TPSA) is 42.3 Å². The molecule has 1 saturated heterocycles. The highest BCUT2D eigenvalue weighted by Gasteiger charge is 2.23. The zero-order chi connectivity index (χ0) is 24.9. The second-order valence-electron chi connectivity index (χ2n) is 9.84. The van der Waals surface area contributed by atoms with Crippen LogP contribution in [0.5, 0.6) is 0 Å². The van der Waals surface area contributed by atoms with Gasteiger partial charge in [0.05, 0.1) is 22.6 Å². The highest BCUT2D eigenvalue weighted by atomic mass is 79.9. The number of hydrogen-bond donors (Lipinski definition) is 1. The van der Waals surface area contributed by atoms with Gasteiger partial charge >= 0.3 is 0 Å².